The first-order chi connectivity index (χ1) is 9.15. The van der Waals surface area contributed by atoms with Gasteiger partial charge in [-0.15, -0.1) is 0 Å². The third-order valence-electron chi connectivity index (χ3n) is 3.49. The highest BCUT2D eigenvalue weighted by atomic mass is 16.6. The average Bonchev–Trinajstić information content (AvgIpc) is 3.20. The van der Waals surface area contributed by atoms with Gasteiger partial charge in [0.2, 0.25) is 5.91 Å². The molecule has 0 N–H and O–H groups in total. The van der Waals surface area contributed by atoms with Gasteiger partial charge in [-0.3, -0.25) is 14.9 Å². The third-order valence-corrected chi connectivity index (χ3v) is 3.49. The van der Waals surface area contributed by atoms with E-state index >= 15 is 0 Å². The summed E-state index contributed by atoms with van der Waals surface area (Å²) in [5.74, 6) is 0.0723. The number of benzene rings is 1. The molecule has 100 valence electrons. The summed E-state index contributed by atoms with van der Waals surface area (Å²) >= 11 is 0. The van der Waals surface area contributed by atoms with Gasteiger partial charge in [-0.25, -0.2) is 0 Å². The Hall–Kier alpha value is -1.95. The van der Waals surface area contributed by atoms with Gasteiger partial charge in [-0.2, -0.15) is 0 Å². The third kappa shape index (κ3) is 2.44. The van der Waals surface area contributed by atoms with Crippen LogP contribution in [-0.2, 0) is 16.0 Å². The van der Waals surface area contributed by atoms with Crippen LogP contribution in [0.15, 0.2) is 18.2 Å². The first-order valence-corrected chi connectivity index (χ1v) is 6.34. The van der Waals surface area contributed by atoms with Gasteiger partial charge < -0.3 is 9.64 Å². The molecule has 0 saturated carbocycles. The number of ether oxygens (including phenoxy) is 1. The second kappa shape index (κ2) is 4.62. The number of carbonyl (C=O) groups excluding carboxylic acids is 1. The number of aryl methyl sites for hydroxylation is 1. The van der Waals surface area contributed by atoms with E-state index in [0.29, 0.717) is 26.0 Å². The molecule has 1 aromatic rings. The fraction of sp³-hybridized carbons (Fsp3) is 0.462. The average molecular weight is 262 g/mol. The fourth-order valence-corrected chi connectivity index (χ4v) is 2.43. The van der Waals surface area contributed by atoms with Gasteiger partial charge in [0.25, 0.3) is 5.69 Å². The summed E-state index contributed by atoms with van der Waals surface area (Å²) in [7, 11) is 0. The van der Waals surface area contributed by atoms with Crippen molar-refractivity contribution < 1.29 is 14.5 Å². The lowest BCUT2D eigenvalue weighted by molar-refractivity contribution is -0.384. The molecule has 19 heavy (non-hydrogen) atoms. The molecule has 0 spiro atoms. The van der Waals surface area contributed by atoms with Crippen LogP contribution in [0.5, 0.6) is 0 Å². The van der Waals surface area contributed by atoms with Gasteiger partial charge in [-0.1, -0.05) is 0 Å². The Morgan fingerprint density at radius 1 is 1.42 bits per heavy atom. The Morgan fingerprint density at radius 3 is 2.89 bits per heavy atom. The van der Waals surface area contributed by atoms with Crippen molar-refractivity contribution in [3.05, 3.63) is 33.9 Å². The molecule has 6 heteroatoms. The number of hydrogen-bond donors (Lipinski definition) is 0. The number of nitrogens with zero attached hydrogens (tertiary/aromatic N) is 2. The highest BCUT2D eigenvalue weighted by Crippen LogP contribution is 2.31. The van der Waals surface area contributed by atoms with Crippen molar-refractivity contribution in [1.82, 2.24) is 0 Å². The van der Waals surface area contributed by atoms with E-state index in [-0.39, 0.29) is 17.7 Å². The van der Waals surface area contributed by atoms with Crippen LogP contribution in [0.1, 0.15) is 18.4 Å². The number of amides is 1. The predicted molar refractivity (Wildman–Crippen MR) is 68.1 cm³/mol. The first kappa shape index (κ1) is 12.1. The Bertz CT molecular complexity index is 539. The predicted octanol–water partition coefficient (Wildman–Crippen LogP) is 1.66. The molecule has 2 aliphatic heterocycles. The second-order valence-corrected chi connectivity index (χ2v) is 4.88. The summed E-state index contributed by atoms with van der Waals surface area (Å²) in [6.45, 7) is 1.23. The van der Waals surface area contributed by atoms with Crippen LogP contribution >= 0.6 is 0 Å². The minimum absolute atomic E-state index is 0.0723. The quantitative estimate of drug-likeness (QED) is 0.471. The Labute approximate surface area is 110 Å². The van der Waals surface area contributed by atoms with Gasteiger partial charge in [0.05, 0.1) is 24.2 Å². The zero-order valence-corrected chi connectivity index (χ0v) is 10.4. The lowest BCUT2D eigenvalue weighted by atomic mass is 10.1. The maximum Gasteiger partial charge on any atom is 0.269 e. The van der Waals surface area contributed by atoms with Gasteiger partial charge in [-0.05, 0) is 24.5 Å². The van der Waals surface area contributed by atoms with Gasteiger partial charge in [0.1, 0.15) is 0 Å². The molecule has 1 atom stereocenters. The Kier molecular flexibility index (Phi) is 2.94. The molecular weight excluding hydrogens is 248 g/mol. The largest absolute Gasteiger partial charge is 0.371 e. The minimum Gasteiger partial charge on any atom is -0.371 e. The molecule has 0 bridgehead atoms. The summed E-state index contributed by atoms with van der Waals surface area (Å²) < 4.78 is 5.18. The van der Waals surface area contributed by atoms with Crippen LogP contribution < -0.4 is 4.90 Å². The topological polar surface area (TPSA) is 76.0 Å². The normalized spacial score (nSPS) is 21.8. The molecule has 2 heterocycles. The zero-order valence-electron chi connectivity index (χ0n) is 10.4. The van der Waals surface area contributed by atoms with Crippen LogP contribution in [0.2, 0.25) is 0 Å². The maximum atomic E-state index is 12.1. The number of hydrogen-bond acceptors (Lipinski definition) is 4. The molecule has 1 amide bonds. The number of nitro groups is 1. The van der Waals surface area contributed by atoms with E-state index in [9.17, 15) is 14.9 Å². The number of rotatable bonds is 3. The van der Waals surface area contributed by atoms with E-state index < -0.39 is 4.92 Å². The Morgan fingerprint density at radius 2 is 2.21 bits per heavy atom. The van der Waals surface area contributed by atoms with Gasteiger partial charge in [0.15, 0.2) is 0 Å². The van der Waals surface area contributed by atoms with E-state index in [4.69, 9.17) is 4.74 Å². The molecule has 1 fully saturated rings. The van der Waals surface area contributed by atoms with E-state index in [1.165, 1.54) is 6.07 Å². The summed E-state index contributed by atoms with van der Waals surface area (Å²) in [5, 5.41) is 10.8. The van der Waals surface area contributed by atoms with E-state index in [0.717, 1.165) is 17.7 Å². The van der Waals surface area contributed by atoms with Crippen molar-refractivity contribution in [3.8, 4) is 0 Å². The molecule has 1 aromatic carbocycles. The van der Waals surface area contributed by atoms with Crippen molar-refractivity contribution >= 4 is 17.3 Å². The van der Waals surface area contributed by atoms with Crippen molar-refractivity contribution in [2.75, 3.05) is 18.1 Å². The van der Waals surface area contributed by atoms with E-state index in [1.54, 1.807) is 17.0 Å². The number of non-ortho nitro benzene ring substituents is 1. The molecule has 1 saturated heterocycles. The summed E-state index contributed by atoms with van der Waals surface area (Å²) in [4.78, 5) is 24.2. The fourth-order valence-electron chi connectivity index (χ4n) is 2.43. The molecule has 0 aliphatic carbocycles. The second-order valence-electron chi connectivity index (χ2n) is 4.88. The first-order valence-electron chi connectivity index (χ1n) is 6.34. The zero-order chi connectivity index (χ0) is 13.4. The molecule has 1 unspecified atom stereocenters. The molecule has 0 radical (unpaired) electrons. The van der Waals surface area contributed by atoms with Crippen molar-refractivity contribution in [3.63, 3.8) is 0 Å². The Balaban J connectivity index is 1.97. The van der Waals surface area contributed by atoms with Crippen molar-refractivity contribution in [2.45, 2.75) is 25.4 Å². The van der Waals surface area contributed by atoms with E-state index in [1.807, 2.05) is 0 Å². The molecule has 3 rings (SSSR count). The summed E-state index contributed by atoms with van der Waals surface area (Å²) in [6.07, 6.45) is 2.03. The van der Waals surface area contributed by atoms with Crippen LogP contribution in [0.4, 0.5) is 11.4 Å². The maximum absolute atomic E-state index is 12.1. The summed E-state index contributed by atoms with van der Waals surface area (Å²) in [6, 6.07) is 4.71. The molecule has 6 nitrogen and oxygen atoms in total. The molecule has 0 aromatic heterocycles. The number of epoxide rings is 1. The van der Waals surface area contributed by atoms with Crippen LogP contribution in [0.3, 0.4) is 0 Å². The molecule has 2 aliphatic rings. The number of fused-ring (bicyclic) bond motifs is 1. The van der Waals surface area contributed by atoms with Crippen molar-refractivity contribution in [1.29, 1.82) is 0 Å². The highest BCUT2D eigenvalue weighted by molar-refractivity contribution is 5.95. The standard InChI is InChI=1S/C13H14N2O4/c16-13-3-1-2-9-6-10(15(17)18)4-5-12(9)14(13)7-11-8-19-11/h4-6,11H,1-3,7-8H2. The van der Waals surface area contributed by atoms with E-state index in [2.05, 4.69) is 0 Å². The lowest BCUT2D eigenvalue weighted by Gasteiger charge is -2.22. The minimum atomic E-state index is -0.401. The van der Waals surface area contributed by atoms with Crippen LogP contribution in [0.25, 0.3) is 0 Å². The SMILES string of the molecule is O=C1CCCc2cc([N+](=O)[O-])ccc2N1CC1CO1. The number of carbonyl (C=O) groups is 1. The lowest BCUT2D eigenvalue weighted by Crippen LogP contribution is -2.33. The van der Waals surface area contributed by atoms with Crippen LogP contribution in [-0.4, -0.2) is 30.1 Å². The highest BCUT2D eigenvalue weighted by Gasteiger charge is 2.31. The van der Waals surface area contributed by atoms with Crippen LogP contribution in [0, 0.1) is 10.1 Å². The number of nitro benzene ring substituents is 1. The number of anilines is 1. The van der Waals surface area contributed by atoms with Crippen molar-refractivity contribution in [2.24, 2.45) is 0 Å². The smallest absolute Gasteiger partial charge is 0.269 e. The monoisotopic (exact) mass is 262 g/mol. The van der Waals surface area contributed by atoms with Gasteiger partial charge >= 0.3 is 0 Å². The summed E-state index contributed by atoms with van der Waals surface area (Å²) in [5.41, 5.74) is 1.75. The molecular formula is C13H14N2O4. The van der Waals surface area contributed by atoms with Gasteiger partial charge in [0, 0.05) is 24.2 Å².